The minimum atomic E-state index is 0.250. The zero-order valence-corrected chi connectivity index (χ0v) is 6.35. The van der Waals surface area contributed by atoms with Crippen LogP contribution >= 0.6 is 0 Å². The monoisotopic (exact) mass is 126 g/mol. The number of ketones is 1. The van der Waals surface area contributed by atoms with Crippen LogP contribution in [0.25, 0.3) is 0 Å². The Hall–Kier alpha value is -0.330. The molecule has 52 valence electrons. The number of rotatable bonds is 2. The Morgan fingerprint density at radius 3 is 2.11 bits per heavy atom. The van der Waals surface area contributed by atoms with Gasteiger partial charge < -0.3 is 0 Å². The number of carbonyl (C=O) groups is 1. The van der Waals surface area contributed by atoms with E-state index in [2.05, 4.69) is 6.92 Å². The molecule has 0 amide bonds. The molecule has 1 aliphatic rings. The molecule has 0 aromatic carbocycles. The average Bonchev–Trinajstić information content (AvgIpc) is 2.44. The van der Waals surface area contributed by atoms with Gasteiger partial charge in [-0.05, 0) is 12.3 Å². The number of carbonyl (C=O) groups excluding carboxylic acids is 1. The highest BCUT2D eigenvalue weighted by Crippen LogP contribution is 2.39. The van der Waals surface area contributed by atoms with Crippen LogP contribution in [0.2, 0.25) is 0 Å². The lowest BCUT2D eigenvalue weighted by atomic mass is 10.0. The average molecular weight is 126 g/mol. The van der Waals surface area contributed by atoms with Crippen LogP contribution in [0.4, 0.5) is 0 Å². The van der Waals surface area contributed by atoms with Crippen LogP contribution in [0.5, 0.6) is 0 Å². The molecule has 0 aliphatic heterocycles. The van der Waals surface area contributed by atoms with Crippen LogP contribution in [-0.2, 0) is 4.79 Å². The zero-order chi connectivity index (χ0) is 7.02. The lowest BCUT2D eigenvalue weighted by Gasteiger charge is -1.99. The fourth-order valence-electron chi connectivity index (χ4n) is 1.15. The predicted octanol–water partition coefficient (Wildman–Crippen LogP) is 1.87. The first-order valence-electron chi connectivity index (χ1n) is 3.66. The minimum Gasteiger partial charge on any atom is -0.299 e. The lowest BCUT2D eigenvalue weighted by Crippen LogP contribution is -2.09. The van der Waals surface area contributed by atoms with Crippen molar-refractivity contribution < 1.29 is 4.79 Å². The van der Waals surface area contributed by atoms with Crippen molar-refractivity contribution in [3.8, 4) is 0 Å². The van der Waals surface area contributed by atoms with Gasteiger partial charge in [0.05, 0.1) is 0 Å². The van der Waals surface area contributed by atoms with E-state index in [1.807, 2.05) is 13.8 Å². The van der Waals surface area contributed by atoms with Crippen molar-refractivity contribution in [1.82, 2.24) is 0 Å². The van der Waals surface area contributed by atoms with Gasteiger partial charge in [-0.25, -0.2) is 0 Å². The van der Waals surface area contributed by atoms with Gasteiger partial charge in [0, 0.05) is 11.8 Å². The molecule has 2 atom stereocenters. The third-order valence-electron chi connectivity index (χ3n) is 2.04. The van der Waals surface area contributed by atoms with Crippen molar-refractivity contribution >= 4 is 5.78 Å². The van der Waals surface area contributed by atoms with Gasteiger partial charge in [0.25, 0.3) is 0 Å². The Labute approximate surface area is 56.4 Å². The first kappa shape index (κ1) is 6.79. The SMILES string of the molecule is CC(C)C(=O)C1C[C@H]1C. The molecule has 0 saturated heterocycles. The standard InChI is InChI=1S/C8H14O/c1-5(2)8(9)7-4-6(7)3/h5-7H,4H2,1-3H3/t6-,7?/m1/s1. The maximum Gasteiger partial charge on any atom is 0.138 e. The first-order valence-corrected chi connectivity index (χ1v) is 3.66. The molecule has 0 aromatic heterocycles. The van der Waals surface area contributed by atoms with Gasteiger partial charge in [-0.2, -0.15) is 0 Å². The van der Waals surface area contributed by atoms with E-state index in [4.69, 9.17) is 0 Å². The summed E-state index contributed by atoms with van der Waals surface area (Å²) in [7, 11) is 0. The normalized spacial score (nSPS) is 32.9. The summed E-state index contributed by atoms with van der Waals surface area (Å²) in [6.45, 7) is 6.10. The van der Waals surface area contributed by atoms with Crippen molar-refractivity contribution in [3.63, 3.8) is 0 Å². The topological polar surface area (TPSA) is 17.1 Å². The van der Waals surface area contributed by atoms with Crippen LogP contribution in [0, 0.1) is 17.8 Å². The minimum absolute atomic E-state index is 0.250. The van der Waals surface area contributed by atoms with Gasteiger partial charge in [-0.15, -0.1) is 0 Å². The predicted molar refractivity (Wildman–Crippen MR) is 37.1 cm³/mol. The third-order valence-corrected chi connectivity index (χ3v) is 2.04. The maximum atomic E-state index is 11.1. The molecular weight excluding hydrogens is 112 g/mol. The second-order valence-corrected chi connectivity index (χ2v) is 3.38. The summed E-state index contributed by atoms with van der Waals surface area (Å²) < 4.78 is 0. The molecule has 1 rings (SSSR count). The molecule has 1 saturated carbocycles. The molecule has 1 nitrogen and oxygen atoms in total. The molecule has 0 bridgehead atoms. The highest BCUT2D eigenvalue weighted by molar-refractivity contribution is 5.85. The molecule has 1 fully saturated rings. The van der Waals surface area contributed by atoms with Crippen LogP contribution in [0.1, 0.15) is 27.2 Å². The molecule has 1 aliphatic carbocycles. The molecule has 0 N–H and O–H groups in total. The van der Waals surface area contributed by atoms with Crippen LogP contribution in [0.3, 0.4) is 0 Å². The van der Waals surface area contributed by atoms with Gasteiger partial charge in [-0.1, -0.05) is 20.8 Å². The first-order chi connectivity index (χ1) is 4.13. The van der Waals surface area contributed by atoms with Crippen LogP contribution < -0.4 is 0 Å². The van der Waals surface area contributed by atoms with Crippen molar-refractivity contribution in [2.24, 2.45) is 17.8 Å². The van der Waals surface area contributed by atoms with Crippen LogP contribution in [0.15, 0.2) is 0 Å². The fourth-order valence-corrected chi connectivity index (χ4v) is 1.15. The summed E-state index contributed by atoms with van der Waals surface area (Å²) >= 11 is 0. The number of hydrogen-bond donors (Lipinski definition) is 0. The lowest BCUT2D eigenvalue weighted by molar-refractivity contribution is -0.123. The van der Waals surface area contributed by atoms with E-state index >= 15 is 0 Å². The Balaban J connectivity index is 2.36. The molecule has 1 unspecified atom stereocenters. The second-order valence-electron chi connectivity index (χ2n) is 3.38. The van der Waals surface area contributed by atoms with Crippen molar-refractivity contribution in [2.75, 3.05) is 0 Å². The molecule has 0 aromatic rings. The van der Waals surface area contributed by atoms with E-state index < -0.39 is 0 Å². The summed E-state index contributed by atoms with van der Waals surface area (Å²) in [5.74, 6) is 1.81. The summed E-state index contributed by atoms with van der Waals surface area (Å²) in [6.07, 6.45) is 1.14. The Morgan fingerprint density at radius 1 is 1.56 bits per heavy atom. The highest BCUT2D eigenvalue weighted by Gasteiger charge is 2.39. The number of hydrogen-bond acceptors (Lipinski definition) is 1. The quantitative estimate of drug-likeness (QED) is 0.552. The molecule has 9 heavy (non-hydrogen) atoms. The van der Waals surface area contributed by atoms with E-state index in [1.165, 1.54) is 0 Å². The molecule has 0 radical (unpaired) electrons. The van der Waals surface area contributed by atoms with E-state index in [0.29, 0.717) is 17.6 Å². The summed E-state index contributed by atoms with van der Waals surface area (Å²) in [4.78, 5) is 11.1. The fraction of sp³-hybridized carbons (Fsp3) is 0.875. The highest BCUT2D eigenvalue weighted by atomic mass is 16.1. The Morgan fingerprint density at radius 2 is 2.00 bits per heavy atom. The van der Waals surface area contributed by atoms with E-state index in [9.17, 15) is 4.79 Å². The van der Waals surface area contributed by atoms with Gasteiger partial charge >= 0.3 is 0 Å². The molecule has 0 spiro atoms. The van der Waals surface area contributed by atoms with E-state index in [1.54, 1.807) is 0 Å². The van der Waals surface area contributed by atoms with Crippen LogP contribution in [-0.4, -0.2) is 5.78 Å². The van der Waals surface area contributed by atoms with Gasteiger partial charge in [0.15, 0.2) is 0 Å². The van der Waals surface area contributed by atoms with Crippen molar-refractivity contribution in [3.05, 3.63) is 0 Å². The summed E-state index contributed by atoms with van der Waals surface area (Å²) in [5.41, 5.74) is 0. The molecular formula is C8H14O. The molecule has 1 heteroatoms. The third kappa shape index (κ3) is 1.32. The van der Waals surface area contributed by atoms with Gasteiger partial charge in [0.2, 0.25) is 0 Å². The summed E-state index contributed by atoms with van der Waals surface area (Å²) in [5, 5.41) is 0. The molecule has 0 heterocycles. The second kappa shape index (κ2) is 2.13. The van der Waals surface area contributed by atoms with Crippen molar-refractivity contribution in [2.45, 2.75) is 27.2 Å². The smallest absolute Gasteiger partial charge is 0.138 e. The Bertz CT molecular complexity index is 127. The van der Waals surface area contributed by atoms with Gasteiger partial charge in [0.1, 0.15) is 5.78 Å². The number of Topliss-reactive ketones (excluding diaryl/α,β-unsaturated/α-hetero) is 1. The van der Waals surface area contributed by atoms with Gasteiger partial charge in [-0.3, -0.25) is 4.79 Å². The van der Waals surface area contributed by atoms with E-state index in [-0.39, 0.29) is 5.92 Å². The maximum absolute atomic E-state index is 11.1. The zero-order valence-electron chi connectivity index (χ0n) is 6.35. The Kier molecular flexibility index (Phi) is 1.60. The van der Waals surface area contributed by atoms with Crippen molar-refractivity contribution in [1.29, 1.82) is 0 Å². The summed E-state index contributed by atoms with van der Waals surface area (Å²) in [6, 6.07) is 0. The largest absolute Gasteiger partial charge is 0.299 e. The van der Waals surface area contributed by atoms with E-state index in [0.717, 1.165) is 6.42 Å².